The molecular formula is C17H15NO. The van der Waals surface area contributed by atoms with Crippen LogP contribution in [-0.2, 0) is 11.3 Å². The summed E-state index contributed by atoms with van der Waals surface area (Å²) in [7, 11) is 0. The summed E-state index contributed by atoms with van der Waals surface area (Å²) in [6, 6.07) is 19.5. The zero-order chi connectivity index (χ0) is 13.5. The number of benzene rings is 2. The fraction of sp³-hybridized carbons (Fsp3) is 0.118. The predicted molar refractivity (Wildman–Crippen MR) is 76.3 cm³/mol. The van der Waals surface area contributed by atoms with Gasteiger partial charge in [0.05, 0.1) is 24.8 Å². The van der Waals surface area contributed by atoms with Gasteiger partial charge in [-0.2, -0.15) is 5.26 Å². The van der Waals surface area contributed by atoms with Crippen LogP contribution in [0.5, 0.6) is 0 Å². The highest BCUT2D eigenvalue weighted by molar-refractivity contribution is 5.64. The van der Waals surface area contributed by atoms with Gasteiger partial charge in [-0.15, -0.1) is 0 Å². The van der Waals surface area contributed by atoms with Gasteiger partial charge < -0.3 is 4.74 Å². The Labute approximate surface area is 113 Å². The Morgan fingerprint density at radius 1 is 1.05 bits per heavy atom. The molecule has 0 fully saturated rings. The first-order valence-corrected chi connectivity index (χ1v) is 6.09. The standard InChI is InChI=1S/C17H15NO/c1-14(17-9-7-15(11-18)8-10-17)12-19-13-16-5-3-2-4-6-16/h2-10H,1,12-13H2. The van der Waals surface area contributed by atoms with E-state index in [2.05, 4.69) is 12.6 Å². The maximum atomic E-state index is 8.74. The molecule has 0 unspecified atom stereocenters. The van der Waals surface area contributed by atoms with Crippen molar-refractivity contribution in [3.05, 3.63) is 77.9 Å². The zero-order valence-corrected chi connectivity index (χ0v) is 10.7. The van der Waals surface area contributed by atoms with Crippen molar-refractivity contribution < 1.29 is 4.74 Å². The van der Waals surface area contributed by atoms with Gasteiger partial charge in [0.1, 0.15) is 0 Å². The molecule has 0 atom stereocenters. The van der Waals surface area contributed by atoms with Crippen LogP contribution in [-0.4, -0.2) is 6.61 Å². The molecular weight excluding hydrogens is 234 g/mol. The molecule has 0 saturated carbocycles. The first kappa shape index (κ1) is 13.1. The second-order valence-electron chi connectivity index (χ2n) is 4.27. The Balaban J connectivity index is 1.86. The average Bonchev–Trinajstić information content (AvgIpc) is 2.48. The molecule has 0 radical (unpaired) electrons. The van der Waals surface area contributed by atoms with Crippen molar-refractivity contribution in [2.45, 2.75) is 6.61 Å². The SMILES string of the molecule is C=C(COCc1ccccc1)c1ccc(C#N)cc1. The average molecular weight is 249 g/mol. The second kappa shape index (κ2) is 6.53. The third-order valence-electron chi connectivity index (χ3n) is 2.81. The minimum atomic E-state index is 0.487. The van der Waals surface area contributed by atoms with E-state index in [1.165, 1.54) is 0 Å². The number of hydrogen-bond donors (Lipinski definition) is 0. The molecule has 2 rings (SSSR count). The van der Waals surface area contributed by atoms with Crippen LogP contribution in [0.25, 0.3) is 5.57 Å². The van der Waals surface area contributed by atoms with Gasteiger partial charge in [-0.05, 0) is 28.8 Å². The van der Waals surface area contributed by atoms with Crippen LogP contribution in [0.4, 0.5) is 0 Å². The Morgan fingerprint density at radius 3 is 2.37 bits per heavy atom. The van der Waals surface area contributed by atoms with Crippen LogP contribution < -0.4 is 0 Å². The molecule has 2 aromatic rings. The van der Waals surface area contributed by atoms with Crippen molar-refractivity contribution in [1.82, 2.24) is 0 Å². The van der Waals surface area contributed by atoms with Crippen LogP contribution >= 0.6 is 0 Å². The third kappa shape index (κ3) is 3.80. The molecule has 19 heavy (non-hydrogen) atoms. The van der Waals surface area contributed by atoms with Crippen molar-refractivity contribution in [1.29, 1.82) is 5.26 Å². The number of hydrogen-bond acceptors (Lipinski definition) is 2. The summed E-state index contributed by atoms with van der Waals surface area (Å²) in [5.74, 6) is 0. The fourth-order valence-corrected chi connectivity index (χ4v) is 1.73. The number of ether oxygens (including phenoxy) is 1. The van der Waals surface area contributed by atoms with Crippen molar-refractivity contribution in [3.63, 3.8) is 0 Å². The number of nitriles is 1. The molecule has 0 aromatic heterocycles. The predicted octanol–water partition coefficient (Wildman–Crippen LogP) is 3.79. The van der Waals surface area contributed by atoms with E-state index in [-0.39, 0.29) is 0 Å². The van der Waals surface area contributed by atoms with Crippen molar-refractivity contribution >= 4 is 5.57 Å². The highest BCUT2D eigenvalue weighted by atomic mass is 16.5. The van der Waals surface area contributed by atoms with Crippen molar-refractivity contribution in [2.75, 3.05) is 6.61 Å². The van der Waals surface area contributed by atoms with Crippen LogP contribution in [0, 0.1) is 11.3 Å². The van der Waals surface area contributed by atoms with Gasteiger partial charge in [-0.1, -0.05) is 49.0 Å². The van der Waals surface area contributed by atoms with Gasteiger partial charge in [-0.25, -0.2) is 0 Å². The molecule has 94 valence electrons. The Hall–Kier alpha value is -2.37. The zero-order valence-electron chi connectivity index (χ0n) is 10.7. The minimum absolute atomic E-state index is 0.487. The molecule has 0 bridgehead atoms. The fourth-order valence-electron chi connectivity index (χ4n) is 1.73. The van der Waals surface area contributed by atoms with E-state index in [1.807, 2.05) is 42.5 Å². The summed E-state index contributed by atoms with van der Waals surface area (Å²) < 4.78 is 5.63. The van der Waals surface area contributed by atoms with Gasteiger partial charge in [0, 0.05) is 0 Å². The summed E-state index contributed by atoms with van der Waals surface area (Å²) >= 11 is 0. The Bertz CT molecular complexity index is 579. The highest BCUT2D eigenvalue weighted by Gasteiger charge is 2.00. The monoisotopic (exact) mass is 249 g/mol. The van der Waals surface area contributed by atoms with Crippen LogP contribution in [0.15, 0.2) is 61.2 Å². The lowest BCUT2D eigenvalue weighted by Gasteiger charge is -2.07. The normalized spacial score (nSPS) is 9.84. The lowest BCUT2D eigenvalue weighted by Crippen LogP contribution is -1.97. The molecule has 0 aliphatic rings. The summed E-state index contributed by atoms with van der Waals surface area (Å²) in [5, 5.41) is 8.74. The molecule has 0 saturated heterocycles. The van der Waals surface area contributed by atoms with E-state index in [0.717, 1.165) is 16.7 Å². The van der Waals surface area contributed by atoms with Crippen molar-refractivity contribution in [3.8, 4) is 6.07 Å². The second-order valence-corrected chi connectivity index (χ2v) is 4.27. The molecule has 0 heterocycles. The summed E-state index contributed by atoms with van der Waals surface area (Å²) in [6.45, 7) is 5.07. The van der Waals surface area contributed by atoms with Gasteiger partial charge in [-0.3, -0.25) is 0 Å². The van der Waals surface area contributed by atoms with Crippen molar-refractivity contribution in [2.24, 2.45) is 0 Å². The van der Waals surface area contributed by atoms with E-state index >= 15 is 0 Å². The lowest BCUT2D eigenvalue weighted by molar-refractivity contribution is 0.153. The molecule has 0 aliphatic carbocycles. The van der Waals surface area contributed by atoms with E-state index in [1.54, 1.807) is 12.1 Å². The smallest absolute Gasteiger partial charge is 0.0991 e. The lowest BCUT2D eigenvalue weighted by atomic mass is 10.1. The summed E-state index contributed by atoms with van der Waals surface area (Å²) in [5.41, 5.74) is 3.73. The first-order valence-electron chi connectivity index (χ1n) is 6.09. The highest BCUT2D eigenvalue weighted by Crippen LogP contribution is 2.14. The van der Waals surface area contributed by atoms with E-state index in [4.69, 9.17) is 10.00 Å². The maximum absolute atomic E-state index is 8.74. The van der Waals surface area contributed by atoms with E-state index in [0.29, 0.717) is 18.8 Å². The van der Waals surface area contributed by atoms with Crippen LogP contribution in [0.1, 0.15) is 16.7 Å². The van der Waals surface area contributed by atoms with Gasteiger partial charge in [0.2, 0.25) is 0 Å². The summed E-state index contributed by atoms with van der Waals surface area (Å²) in [4.78, 5) is 0. The number of rotatable bonds is 5. The molecule has 2 nitrogen and oxygen atoms in total. The molecule has 0 amide bonds. The van der Waals surface area contributed by atoms with Crippen LogP contribution in [0.3, 0.4) is 0 Å². The van der Waals surface area contributed by atoms with Gasteiger partial charge in [0.25, 0.3) is 0 Å². The largest absolute Gasteiger partial charge is 0.372 e. The Morgan fingerprint density at radius 2 is 1.74 bits per heavy atom. The summed E-state index contributed by atoms with van der Waals surface area (Å²) in [6.07, 6.45) is 0. The molecule has 0 spiro atoms. The van der Waals surface area contributed by atoms with Gasteiger partial charge >= 0.3 is 0 Å². The van der Waals surface area contributed by atoms with E-state index in [9.17, 15) is 0 Å². The molecule has 2 aromatic carbocycles. The van der Waals surface area contributed by atoms with Crippen LogP contribution in [0.2, 0.25) is 0 Å². The first-order chi connectivity index (χ1) is 9.29. The quantitative estimate of drug-likeness (QED) is 0.807. The maximum Gasteiger partial charge on any atom is 0.0991 e. The molecule has 0 aliphatic heterocycles. The minimum Gasteiger partial charge on any atom is -0.372 e. The molecule has 2 heteroatoms. The third-order valence-corrected chi connectivity index (χ3v) is 2.81. The van der Waals surface area contributed by atoms with Gasteiger partial charge in [0.15, 0.2) is 0 Å². The van der Waals surface area contributed by atoms with E-state index < -0.39 is 0 Å². The topological polar surface area (TPSA) is 33.0 Å². The Kier molecular flexibility index (Phi) is 4.49. The molecule has 0 N–H and O–H groups in total. The number of nitrogens with zero attached hydrogens (tertiary/aromatic N) is 1.